The van der Waals surface area contributed by atoms with E-state index in [2.05, 4.69) is 40.0 Å². The first-order valence-corrected chi connectivity index (χ1v) is 9.83. The summed E-state index contributed by atoms with van der Waals surface area (Å²) in [4.78, 5) is 4.59. The van der Waals surface area contributed by atoms with Gasteiger partial charge in [-0.2, -0.15) is 0 Å². The third-order valence-electron chi connectivity index (χ3n) is 5.76. The summed E-state index contributed by atoms with van der Waals surface area (Å²) in [5.41, 5.74) is 2.87. The number of rotatable bonds is 5. The quantitative estimate of drug-likeness (QED) is 0.894. The van der Waals surface area contributed by atoms with Gasteiger partial charge >= 0.3 is 0 Å². The molecule has 2 heterocycles. The van der Waals surface area contributed by atoms with E-state index in [0.717, 1.165) is 50.4 Å². The van der Waals surface area contributed by atoms with E-state index in [1.807, 2.05) is 12.4 Å². The number of nitrogens with one attached hydrogen (secondary N) is 1. The van der Waals surface area contributed by atoms with Gasteiger partial charge in [0.25, 0.3) is 0 Å². The molecule has 1 fully saturated rings. The number of imidazole rings is 1. The van der Waals surface area contributed by atoms with E-state index < -0.39 is 0 Å². The number of ether oxygens (including phenoxy) is 2. The van der Waals surface area contributed by atoms with Crippen molar-refractivity contribution in [2.75, 3.05) is 13.7 Å². The zero-order valence-electron chi connectivity index (χ0n) is 15.8. The lowest BCUT2D eigenvalue weighted by Gasteiger charge is -2.36. The van der Waals surface area contributed by atoms with E-state index in [1.165, 1.54) is 17.5 Å². The molecule has 0 bridgehead atoms. The molecule has 1 aromatic carbocycles. The maximum Gasteiger partial charge on any atom is 0.139 e. The summed E-state index contributed by atoms with van der Waals surface area (Å²) >= 11 is 0. The van der Waals surface area contributed by atoms with E-state index in [0.29, 0.717) is 12.1 Å². The van der Waals surface area contributed by atoms with E-state index in [1.54, 1.807) is 7.11 Å². The van der Waals surface area contributed by atoms with Crippen LogP contribution in [0.3, 0.4) is 0 Å². The van der Waals surface area contributed by atoms with Gasteiger partial charge in [-0.15, -0.1) is 0 Å². The lowest BCUT2D eigenvalue weighted by molar-refractivity contribution is -0.0212. The highest BCUT2D eigenvalue weighted by molar-refractivity contribution is 5.38. The minimum atomic E-state index is 0.0467. The number of aromatic nitrogens is 2. The van der Waals surface area contributed by atoms with Gasteiger partial charge in [-0.25, -0.2) is 4.98 Å². The van der Waals surface area contributed by atoms with Crippen LogP contribution in [-0.4, -0.2) is 35.4 Å². The number of fused-ring (bicyclic) bond motifs is 1. The fourth-order valence-corrected chi connectivity index (χ4v) is 4.36. The number of hydrogen-bond donors (Lipinski definition) is 1. The summed E-state index contributed by atoms with van der Waals surface area (Å²) in [6.07, 6.45) is 9.58. The second kappa shape index (κ2) is 7.80. The molecule has 1 unspecified atom stereocenters. The zero-order chi connectivity index (χ0) is 17.9. The third-order valence-corrected chi connectivity index (χ3v) is 5.76. The normalized spacial score (nSPS) is 25.7. The molecule has 4 rings (SSSR count). The Morgan fingerprint density at radius 1 is 1.31 bits per heavy atom. The van der Waals surface area contributed by atoms with Crippen molar-refractivity contribution >= 4 is 0 Å². The highest BCUT2D eigenvalue weighted by Crippen LogP contribution is 2.30. The van der Waals surface area contributed by atoms with E-state index >= 15 is 0 Å². The Bertz CT molecular complexity index is 743. The van der Waals surface area contributed by atoms with Gasteiger partial charge in [0.2, 0.25) is 0 Å². The molecule has 1 N–H and O–H groups in total. The van der Waals surface area contributed by atoms with Gasteiger partial charge in [0.05, 0.1) is 7.11 Å². The average molecular weight is 355 g/mol. The summed E-state index contributed by atoms with van der Waals surface area (Å²) in [6.45, 7) is 3.91. The van der Waals surface area contributed by atoms with Crippen LogP contribution in [-0.2, 0) is 24.1 Å². The van der Waals surface area contributed by atoms with E-state index in [4.69, 9.17) is 9.47 Å². The van der Waals surface area contributed by atoms with Crippen molar-refractivity contribution in [2.45, 2.75) is 63.8 Å². The lowest BCUT2D eigenvalue weighted by Crippen LogP contribution is -2.47. The molecule has 0 radical (unpaired) electrons. The SMILES string of the molecule is CCn1ccnc1[C@H]1OCCC[C@@H]1NC1CCc2ccc(OC)cc2C1. The van der Waals surface area contributed by atoms with E-state index in [-0.39, 0.29) is 6.10 Å². The van der Waals surface area contributed by atoms with Gasteiger partial charge in [0, 0.05) is 37.6 Å². The Morgan fingerprint density at radius 2 is 2.23 bits per heavy atom. The van der Waals surface area contributed by atoms with Crippen LogP contribution >= 0.6 is 0 Å². The molecule has 1 aliphatic heterocycles. The van der Waals surface area contributed by atoms with Crippen LogP contribution in [0.15, 0.2) is 30.6 Å². The smallest absolute Gasteiger partial charge is 0.139 e. The van der Waals surface area contributed by atoms with Crippen LogP contribution in [0.4, 0.5) is 0 Å². The van der Waals surface area contributed by atoms with Crippen molar-refractivity contribution < 1.29 is 9.47 Å². The Hall–Kier alpha value is -1.85. The van der Waals surface area contributed by atoms with Crippen LogP contribution in [0, 0.1) is 0 Å². The summed E-state index contributed by atoms with van der Waals surface area (Å²) in [6, 6.07) is 7.29. The van der Waals surface area contributed by atoms with Crippen molar-refractivity contribution in [1.29, 1.82) is 0 Å². The monoisotopic (exact) mass is 355 g/mol. The van der Waals surface area contributed by atoms with Crippen molar-refractivity contribution in [3.05, 3.63) is 47.5 Å². The fourth-order valence-electron chi connectivity index (χ4n) is 4.36. The maximum absolute atomic E-state index is 6.16. The van der Waals surface area contributed by atoms with Crippen LogP contribution in [0.25, 0.3) is 0 Å². The molecule has 2 aromatic rings. The first-order valence-electron chi connectivity index (χ1n) is 9.83. The van der Waals surface area contributed by atoms with Crippen LogP contribution < -0.4 is 10.1 Å². The Balaban J connectivity index is 1.48. The molecule has 1 saturated heterocycles. The Morgan fingerprint density at radius 3 is 3.08 bits per heavy atom. The molecule has 1 aromatic heterocycles. The molecule has 5 heteroatoms. The molecule has 0 spiro atoms. The Labute approximate surface area is 155 Å². The molecule has 140 valence electrons. The number of hydrogen-bond acceptors (Lipinski definition) is 4. The molecule has 5 nitrogen and oxygen atoms in total. The predicted octanol–water partition coefficient (Wildman–Crippen LogP) is 3.28. The minimum absolute atomic E-state index is 0.0467. The van der Waals surface area contributed by atoms with E-state index in [9.17, 15) is 0 Å². The zero-order valence-corrected chi connectivity index (χ0v) is 15.8. The number of methoxy groups -OCH3 is 1. The molecule has 1 aliphatic carbocycles. The van der Waals surface area contributed by atoms with Gasteiger partial charge in [0.15, 0.2) is 0 Å². The number of aryl methyl sites for hydroxylation is 2. The van der Waals surface area contributed by atoms with Crippen LogP contribution in [0.1, 0.15) is 49.2 Å². The molecule has 0 amide bonds. The highest BCUT2D eigenvalue weighted by Gasteiger charge is 2.32. The Kier molecular flexibility index (Phi) is 5.27. The minimum Gasteiger partial charge on any atom is -0.497 e. The second-order valence-corrected chi connectivity index (χ2v) is 7.35. The first-order chi connectivity index (χ1) is 12.8. The van der Waals surface area contributed by atoms with Gasteiger partial charge in [-0.3, -0.25) is 0 Å². The van der Waals surface area contributed by atoms with Gasteiger partial charge in [-0.1, -0.05) is 6.07 Å². The van der Waals surface area contributed by atoms with Crippen molar-refractivity contribution in [1.82, 2.24) is 14.9 Å². The lowest BCUT2D eigenvalue weighted by atomic mass is 9.87. The van der Waals surface area contributed by atoms with Gasteiger partial charge in [0.1, 0.15) is 17.7 Å². The fraction of sp³-hybridized carbons (Fsp3) is 0.571. The van der Waals surface area contributed by atoms with Crippen LogP contribution in [0.5, 0.6) is 5.75 Å². The maximum atomic E-state index is 6.16. The molecule has 3 atom stereocenters. The summed E-state index contributed by atoms with van der Waals surface area (Å²) in [7, 11) is 1.74. The number of nitrogens with zero attached hydrogens (tertiary/aromatic N) is 2. The average Bonchev–Trinajstić information content (AvgIpc) is 3.16. The standard InChI is InChI=1S/C21H29N3O2/c1-3-24-11-10-22-21(24)20-19(5-4-12-26-20)23-17-8-6-15-7-9-18(25-2)14-16(15)13-17/h7,9-11,14,17,19-20,23H,3-6,8,12-13H2,1-2H3/t17?,19-,20-/m0/s1. The van der Waals surface area contributed by atoms with Gasteiger partial charge in [-0.05, 0) is 62.3 Å². The molecular weight excluding hydrogens is 326 g/mol. The molecule has 2 aliphatic rings. The largest absolute Gasteiger partial charge is 0.497 e. The van der Waals surface area contributed by atoms with Gasteiger partial charge < -0.3 is 19.4 Å². The third kappa shape index (κ3) is 3.51. The molecule has 0 saturated carbocycles. The summed E-state index contributed by atoms with van der Waals surface area (Å²) in [5.74, 6) is 2.01. The second-order valence-electron chi connectivity index (χ2n) is 7.35. The van der Waals surface area contributed by atoms with Crippen molar-refractivity contribution in [3.8, 4) is 5.75 Å². The highest BCUT2D eigenvalue weighted by atomic mass is 16.5. The topological polar surface area (TPSA) is 48.3 Å². The van der Waals surface area contributed by atoms with Crippen molar-refractivity contribution in [3.63, 3.8) is 0 Å². The summed E-state index contributed by atoms with van der Waals surface area (Å²) in [5, 5.41) is 3.91. The first kappa shape index (κ1) is 17.6. The van der Waals surface area contributed by atoms with Crippen molar-refractivity contribution in [2.24, 2.45) is 0 Å². The van der Waals surface area contributed by atoms with Crippen LogP contribution in [0.2, 0.25) is 0 Å². The molecular formula is C21H29N3O2. The molecule has 26 heavy (non-hydrogen) atoms. The summed E-state index contributed by atoms with van der Waals surface area (Å²) < 4.78 is 13.8. The number of benzene rings is 1. The predicted molar refractivity (Wildman–Crippen MR) is 102 cm³/mol.